The lowest BCUT2D eigenvalue weighted by atomic mass is 9.88. The Balaban J connectivity index is 3.05. The van der Waals surface area contributed by atoms with Crippen LogP contribution in [0.25, 0.3) is 0 Å². The first-order valence-corrected chi connectivity index (χ1v) is 6.37. The van der Waals surface area contributed by atoms with Crippen LogP contribution in [-0.4, -0.2) is 13.9 Å². The standard InChI is InChI=1S/C13H19BrO2/c1-4-13(5-2,16-10-15-3)11-8-6-7-9-12(11)14/h6-9H,4-5,10H2,1-3H3. The lowest BCUT2D eigenvalue weighted by Gasteiger charge is -2.33. The third kappa shape index (κ3) is 2.84. The second kappa shape index (κ2) is 6.38. The molecule has 0 aliphatic rings. The van der Waals surface area contributed by atoms with E-state index in [1.165, 1.54) is 5.56 Å². The largest absolute Gasteiger partial charge is 0.359 e. The molecule has 0 saturated heterocycles. The summed E-state index contributed by atoms with van der Waals surface area (Å²) in [6, 6.07) is 8.20. The van der Waals surface area contributed by atoms with Gasteiger partial charge in [-0.3, -0.25) is 0 Å². The predicted octanol–water partition coefficient (Wildman–Crippen LogP) is 4.08. The minimum absolute atomic E-state index is 0.254. The first kappa shape index (κ1) is 13.7. The fourth-order valence-electron chi connectivity index (χ4n) is 1.92. The highest BCUT2D eigenvalue weighted by Gasteiger charge is 2.31. The fourth-order valence-corrected chi connectivity index (χ4v) is 2.56. The van der Waals surface area contributed by atoms with Gasteiger partial charge in [0, 0.05) is 11.6 Å². The van der Waals surface area contributed by atoms with Gasteiger partial charge in [-0.2, -0.15) is 0 Å². The van der Waals surface area contributed by atoms with Gasteiger partial charge in [0.25, 0.3) is 0 Å². The van der Waals surface area contributed by atoms with Crippen LogP contribution in [0.15, 0.2) is 28.7 Å². The molecular formula is C13H19BrO2. The van der Waals surface area contributed by atoms with Gasteiger partial charge in [0.1, 0.15) is 6.79 Å². The zero-order chi connectivity index (χ0) is 12.0. The van der Waals surface area contributed by atoms with Crippen molar-refractivity contribution in [2.75, 3.05) is 13.9 Å². The summed E-state index contributed by atoms with van der Waals surface area (Å²) < 4.78 is 12.0. The number of benzene rings is 1. The molecule has 90 valence electrons. The molecule has 0 aromatic heterocycles. The average Bonchev–Trinajstić information content (AvgIpc) is 2.33. The molecular weight excluding hydrogens is 268 g/mol. The minimum Gasteiger partial charge on any atom is -0.359 e. The molecule has 16 heavy (non-hydrogen) atoms. The number of halogens is 1. The molecule has 0 saturated carbocycles. The fraction of sp³-hybridized carbons (Fsp3) is 0.538. The maximum Gasteiger partial charge on any atom is 0.147 e. The molecule has 0 unspecified atom stereocenters. The van der Waals surface area contributed by atoms with E-state index in [0.717, 1.165) is 17.3 Å². The predicted molar refractivity (Wildman–Crippen MR) is 69.4 cm³/mol. The molecule has 1 rings (SSSR count). The normalized spacial score (nSPS) is 11.8. The summed E-state index contributed by atoms with van der Waals surface area (Å²) in [6.45, 7) is 4.60. The summed E-state index contributed by atoms with van der Waals surface area (Å²) in [7, 11) is 1.65. The molecule has 0 bridgehead atoms. The Kier molecular flexibility index (Phi) is 5.46. The Bertz CT molecular complexity index is 321. The number of hydrogen-bond acceptors (Lipinski definition) is 2. The van der Waals surface area contributed by atoms with Crippen molar-refractivity contribution in [2.24, 2.45) is 0 Å². The number of hydrogen-bond donors (Lipinski definition) is 0. The van der Waals surface area contributed by atoms with Crippen LogP contribution in [-0.2, 0) is 15.1 Å². The van der Waals surface area contributed by atoms with Crippen molar-refractivity contribution < 1.29 is 9.47 Å². The van der Waals surface area contributed by atoms with Crippen LogP contribution in [0.3, 0.4) is 0 Å². The second-order valence-electron chi connectivity index (χ2n) is 3.73. The topological polar surface area (TPSA) is 18.5 Å². The first-order chi connectivity index (χ1) is 7.70. The zero-order valence-electron chi connectivity index (χ0n) is 10.1. The summed E-state index contributed by atoms with van der Waals surface area (Å²) in [4.78, 5) is 0. The van der Waals surface area contributed by atoms with Gasteiger partial charge >= 0.3 is 0 Å². The molecule has 2 nitrogen and oxygen atoms in total. The summed E-state index contributed by atoms with van der Waals surface area (Å²) in [5.41, 5.74) is 0.938. The van der Waals surface area contributed by atoms with E-state index in [9.17, 15) is 0 Å². The van der Waals surface area contributed by atoms with E-state index in [1.54, 1.807) is 7.11 Å². The van der Waals surface area contributed by atoms with Crippen molar-refractivity contribution in [3.8, 4) is 0 Å². The number of rotatable bonds is 6. The van der Waals surface area contributed by atoms with Crippen molar-refractivity contribution in [1.29, 1.82) is 0 Å². The van der Waals surface area contributed by atoms with Crippen molar-refractivity contribution in [1.82, 2.24) is 0 Å². The van der Waals surface area contributed by atoms with Crippen molar-refractivity contribution in [2.45, 2.75) is 32.3 Å². The van der Waals surface area contributed by atoms with E-state index in [0.29, 0.717) is 6.79 Å². The summed E-state index contributed by atoms with van der Waals surface area (Å²) >= 11 is 3.58. The van der Waals surface area contributed by atoms with Crippen LogP contribution < -0.4 is 0 Å². The third-order valence-corrected chi connectivity index (χ3v) is 3.65. The van der Waals surface area contributed by atoms with E-state index in [4.69, 9.17) is 9.47 Å². The lowest BCUT2D eigenvalue weighted by Crippen LogP contribution is -2.29. The SMILES string of the molecule is CCC(CC)(OCOC)c1ccccc1Br. The molecule has 3 heteroatoms. The molecule has 1 aromatic carbocycles. The molecule has 0 aliphatic carbocycles. The lowest BCUT2D eigenvalue weighted by molar-refractivity contribution is -0.139. The first-order valence-electron chi connectivity index (χ1n) is 5.58. The van der Waals surface area contributed by atoms with Crippen molar-refractivity contribution >= 4 is 15.9 Å². The molecule has 0 fully saturated rings. The van der Waals surface area contributed by atoms with E-state index < -0.39 is 0 Å². The molecule has 0 N–H and O–H groups in total. The van der Waals surface area contributed by atoms with Crippen LogP contribution >= 0.6 is 15.9 Å². The highest BCUT2D eigenvalue weighted by molar-refractivity contribution is 9.10. The van der Waals surface area contributed by atoms with Gasteiger partial charge in [0.15, 0.2) is 0 Å². The maximum atomic E-state index is 5.89. The van der Waals surface area contributed by atoms with Gasteiger partial charge in [-0.1, -0.05) is 48.0 Å². The van der Waals surface area contributed by atoms with Crippen LogP contribution in [0.4, 0.5) is 0 Å². The van der Waals surface area contributed by atoms with E-state index in [1.807, 2.05) is 18.2 Å². The summed E-state index contributed by atoms with van der Waals surface area (Å²) in [5.74, 6) is 0. The monoisotopic (exact) mass is 286 g/mol. The van der Waals surface area contributed by atoms with Gasteiger partial charge in [-0.05, 0) is 24.5 Å². The van der Waals surface area contributed by atoms with Crippen molar-refractivity contribution in [3.63, 3.8) is 0 Å². The molecule has 0 radical (unpaired) electrons. The number of methoxy groups -OCH3 is 1. The second-order valence-corrected chi connectivity index (χ2v) is 4.59. The van der Waals surface area contributed by atoms with E-state index >= 15 is 0 Å². The van der Waals surface area contributed by atoms with Crippen LogP contribution in [0.1, 0.15) is 32.3 Å². The average molecular weight is 287 g/mol. The van der Waals surface area contributed by atoms with Gasteiger partial charge < -0.3 is 9.47 Å². The van der Waals surface area contributed by atoms with Gasteiger partial charge in [0.2, 0.25) is 0 Å². The van der Waals surface area contributed by atoms with E-state index in [2.05, 4.69) is 35.8 Å². The van der Waals surface area contributed by atoms with E-state index in [-0.39, 0.29) is 5.60 Å². The highest BCUT2D eigenvalue weighted by atomic mass is 79.9. The van der Waals surface area contributed by atoms with Gasteiger partial charge in [-0.25, -0.2) is 0 Å². The molecule has 0 atom stereocenters. The zero-order valence-corrected chi connectivity index (χ0v) is 11.7. The molecule has 1 aromatic rings. The quantitative estimate of drug-likeness (QED) is 0.734. The molecule has 0 spiro atoms. The Morgan fingerprint density at radius 1 is 1.19 bits per heavy atom. The van der Waals surface area contributed by atoms with Crippen LogP contribution in [0.5, 0.6) is 0 Å². The summed E-state index contributed by atoms with van der Waals surface area (Å²) in [6.07, 6.45) is 1.85. The molecule has 0 heterocycles. The highest BCUT2D eigenvalue weighted by Crippen LogP contribution is 2.37. The Labute approximate surface area is 106 Å². The van der Waals surface area contributed by atoms with Crippen LogP contribution in [0.2, 0.25) is 0 Å². The minimum atomic E-state index is -0.254. The Morgan fingerprint density at radius 2 is 1.81 bits per heavy atom. The summed E-state index contributed by atoms with van der Waals surface area (Å²) in [5, 5.41) is 0. The Morgan fingerprint density at radius 3 is 2.31 bits per heavy atom. The van der Waals surface area contributed by atoms with Crippen molar-refractivity contribution in [3.05, 3.63) is 34.3 Å². The maximum absolute atomic E-state index is 5.89. The number of ether oxygens (including phenoxy) is 2. The smallest absolute Gasteiger partial charge is 0.147 e. The van der Waals surface area contributed by atoms with Gasteiger partial charge in [-0.15, -0.1) is 0 Å². The Hall–Kier alpha value is -0.380. The molecule has 0 aliphatic heterocycles. The van der Waals surface area contributed by atoms with Gasteiger partial charge in [0.05, 0.1) is 5.60 Å². The molecule has 0 amide bonds. The third-order valence-electron chi connectivity index (χ3n) is 2.96. The van der Waals surface area contributed by atoms with Crippen LogP contribution in [0, 0.1) is 0 Å².